The first-order chi connectivity index (χ1) is 5.23. The maximum Gasteiger partial charge on any atom is -0.00465 e. The van der Waals surface area contributed by atoms with Gasteiger partial charge in [-0.25, -0.2) is 0 Å². The predicted octanol–water partition coefficient (Wildman–Crippen LogP) is 2.98. The van der Waals surface area contributed by atoms with E-state index in [1.165, 1.54) is 12.0 Å². The van der Waals surface area contributed by atoms with Gasteiger partial charge in [-0.3, -0.25) is 0 Å². The van der Waals surface area contributed by atoms with E-state index in [2.05, 4.69) is 44.2 Å². The maximum absolute atomic E-state index is 2.35. The summed E-state index contributed by atoms with van der Waals surface area (Å²) in [6.45, 7) is 4.68. The zero-order valence-corrected chi connectivity index (χ0v) is 7.17. The summed E-state index contributed by atoms with van der Waals surface area (Å²) in [7, 11) is 0. The zero-order chi connectivity index (χ0) is 7.90. The molecule has 0 unspecified atom stereocenters. The van der Waals surface area contributed by atoms with Crippen LogP contribution < -0.4 is 0 Å². The second-order valence-electron chi connectivity index (χ2n) is 3.89. The molecule has 1 aliphatic rings. The van der Waals surface area contributed by atoms with Crippen LogP contribution in [0.2, 0.25) is 0 Å². The molecule has 0 N–H and O–H groups in total. The fraction of sp³-hybridized carbons (Fsp3) is 0.455. The fourth-order valence-corrected chi connectivity index (χ4v) is 1.80. The highest BCUT2D eigenvalue weighted by atomic mass is 14.5. The van der Waals surface area contributed by atoms with Crippen molar-refractivity contribution in [2.24, 2.45) is 5.92 Å². The molecule has 1 saturated carbocycles. The van der Waals surface area contributed by atoms with Gasteiger partial charge in [0.15, 0.2) is 0 Å². The molecule has 1 aromatic rings. The van der Waals surface area contributed by atoms with E-state index in [0.29, 0.717) is 5.41 Å². The van der Waals surface area contributed by atoms with Crippen molar-refractivity contribution in [3.05, 3.63) is 35.9 Å². The van der Waals surface area contributed by atoms with Crippen molar-refractivity contribution in [2.75, 3.05) is 0 Å². The summed E-state index contributed by atoms with van der Waals surface area (Å²) in [5.41, 5.74) is 2.01. The smallest absolute Gasteiger partial charge is 0.00465 e. The Labute approximate surface area is 68.3 Å². The summed E-state index contributed by atoms with van der Waals surface area (Å²) < 4.78 is 0. The number of hydrogen-bond acceptors (Lipinski definition) is 0. The van der Waals surface area contributed by atoms with E-state index in [1.54, 1.807) is 0 Å². The van der Waals surface area contributed by atoms with Gasteiger partial charge in [0.25, 0.3) is 0 Å². The Kier molecular flexibility index (Phi) is 1.32. The molecule has 2 rings (SSSR count). The van der Waals surface area contributed by atoms with E-state index in [-0.39, 0.29) is 0 Å². The van der Waals surface area contributed by atoms with Crippen LogP contribution in [0.15, 0.2) is 30.3 Å². The summed E-state index contributed by atoms with van der Waals surface area (Å²) >= 11 is 0. The van der Waals surface area contributed by atoms with Crippen molar-refractivity contribution < 1.29 is 0 Å². The average molecular weight is 146 g/mol. The molecule has 1 aromatic carbocycles. The average Bonchev–Trinajstić information content (AvgIpc) is 2.64. The van der Waals surface area contributed by atoms with E-state index in [9.17, 15) is 0 Å². The van der Waals surface area contributed by atoms with Crippen LogP contribution in [0.3, 0.4) is 0 Å². The van der Waals surface area contributed by atoms with E-state index < -0.39 is 0 Å². The number of benzene rings is 1. The fourth-order valence-electron chi connectivity index (χ4n) is 1.80. The van der Waals surface area contributed by atoms with Crippen LogP contribution in [-0.4, -0.2) is 0 Å². The van der Waals surface area contributed by atoms with Crippen molar-refractivity contribution in [2.45, 2.75) is 25.7 Å². The summed E-state index contributed by atoms with van der Waals surface area (Å²) in [4.78, 5) is 0. The van der Waals surface area contributed by atoms with Crippen LogP contribution in [0.4, 0.5) is 0 Å². The second-order valence-corrected chi connectivity index (χ2v) is 3.89. The lowest BCUT2D eigenvalue weighted by Gasteiger charge is -2.08. The second kappa shape index (κ2) is 2.10. The van der Waals surface area contributed by atoms with Gasteiger partial charge in [0.2, 0.25) is 0 Å². The molecule has 0 nitrogen and oxygen atoms in total. The highest BCUT2D eigenvalue weighted by Crippen LogP contribution is 2.53. The van der Waals surface area contributed by atoms with Crippen LogP contribution in [0.5, 0.6) is 0 Å². The molecule has 58 valence electrons. The van der Waals surface area contributed by atoms with E-state index in [0.717, 1.165) is 5.92 Å². The first-order valence-corrected chi connectivity index (χ1v) is 4.29. The van der Waals surface area contributed by atoms with Crippen molar-refractivity contribution in [3.8, 4) is 0 Å². The van der Waals surface area contributed by atoms with Crippen LogP contribution in [-0.2, 0) is 5.41 Å². The molecule has 0 saturated heterocycles. The maximum atomic E-state index is 2.35. The lowest BCUT2D eigenvalue weighted by atomic mass is 9.96. The van der Waals surface area contributed by atoms with Crippen molar-refractivity contribution in [3.63, 3.8) is 0 Å². The highest BCUT2D eigenvalue weighted by molar-refractivity contribution is 5.31. The van der Waals surface area contributed by atoms with Gasteiger partial charge in [-0.15, -0.1) is 0 Å². The lowest BCUT2D eigenvalue weighted by Crippen LogP contribution is -2.01. The molecule has 1 fully saturated rings. The van der Waals surface area contributed by atoms with Crippen LogP contribution in [0.1, 0.15) is 25.8 Å². The third kappa shape index (κ3) is 0.973. The molecule has 0 aliphatic heterocycles. The minimum atomic E-state index is 0.501. The monoisotopic (exact) mass is 146 g/mol. The Morgan fingerprint density at radius 1 is 1.27 bits per heavy atom. The van der Waals surface area contributed by atoms with Crippen LogP contribution >= 0.6 is 0 Å². The number of rotatable bonds is 1. The molecule has 0 aromatic heterocycles. The molecule has 1 aliphatic carbocycles. The Morgan fingerprint density at radius 3 is 2.27 bits per heavy atom. The first-order valence-electron chi connectivity index (χ1n) is 4.29. The lowest BCUT2D eigenvalue weighted by molar-refractivity contribution is 0.702. The van der Waals surface area contributed by atoms with Gasteiger partial charge in [0, 0.05) is 0 Å². The standard InChI is InChI=1S/C11H14/c1-9-8-11(9,2)10-6-4-3-5-7-10/h3-7,9H,8H2,1-2H3/t9-,11+/m0/s1. The molecule has 0 bridgehead atoms. The Hall–Kier alpha value is -0.780. The summed E-state index contributed by atoms with van der Waals surface area (Å²) in [5.74, 6) is 0.880. The Bertz CT molecular complexity index is 250. The van der Waals surface area contributed by atoms with Crippen LogP contribution in [0.25, 0.3) is 0 Å². The van der Waals surface area contributed by atoms with Gasteiger partial charge in [-0.2, -0.15) is 0 Å². The Morgan fingerprint density at radius 2 is 1.82 bits per heavy atom. The molecular weight excluding hydrogens is 132 g/mol. The third-order valence-corrected chi connectivity index (χ3v) is 3.09. The van der Waals surface area contributed by atoms with Gasteiger partial charge in [0.05, 0.1) is 0 Å². The number of hydrogen-bond donors (Lipinski definition) is 0. The van der Waals surface area contributed by atoms with Gasteiger partial charge < -0.3 is 0 Å². The molecule has 0 radical (unpaired) electrons. The third-order valence-electron chi connectivity index (χ3n) is 3.09. The zero-order valence-electron chi connectivity index (χ0n) is 7.17. The molecule has 0 heteroatoms. The Balaban J connectivity index is 2.32. The molecule has 0 amide bonds. The van der Waals surface area contributed by atoms with E-state index in [4.69, 9.17) is 0 Å². The van der Waals surface area contributed by atoms with Crippen LogP contribution in [0, 0.1) is 5.92 Å². The summed E-state index contributed by atoms with van der Waals surface area (Å²) in [6.07, 6.45) is 1.36. The van der Waals surface area contributed by atoms with Crippen molar-refractivity contribution in [1.82, 2.24) is 0 Å². The van der Waals surface area contributed by atoms with E-state index >= 15 is 0 Å². The topological polar surface area (TPSA) is 0 Å². The van der Waals surface area contributed by atoms with Gasteiger partial charge in [-0.05, 0) is 23.3 Å². The minimum absolute atomic E-state index is 0.501. The quantitative estimate of drug-likeness (QED) is 0.571. The van der Waals surface area contributed by atoms with E-state index in [1.807, 2.05) is 0 Å². The minimum Gasteiger partial charge on any atom is -0.0622 e. The molecule has 0 heterocycles. The normalized spacial score (nSPS) is 35.3. The summed E-state index contributed by atoms with van der Waals surface area (Å²) in [5, 5.41) is 0. The molecule has 11 heavy (non-hydrogen) atoms. The van der Waals surface area contributed by atoms with Gasteiger partial charge >= 0.3 is 0 Å². The largest absolute Gasteiger partial charge is 0.0622 e. The first kappa shape index (κ1) is 6.90. The van der Waals surface area contributed by atoms with Crippen molar-refractivity contribution >= 4 is 0 Å². The highest BCUT2D eigenvalue weighted by Gasteiger charge is 2.47. The summed E-state index contributed by atoms with van der Waals surface area (Å²) in [6, 6.07) is 10.8. The predicted molar refractivity (Wildman–Crippen MR) is 47.6 cm³/mol. The molecule has 0 spiro atoms. The molecular formula is C11H14. The van der Waals surface area contributed by atoms with Gasteiger partial charge in [0.1, 0.15) is 0 Å². The molecule has 2 atom stereocenters. The van der Waals surface area contributed by atoms with Crippen molar-refractivity contribution in [1.29, 1.82) is 0 Å². The SMILES string of the molecule is C[C@H]1C[C@@]1(C)c1ccccc1. The van der Waals surface area contributed by atoms with Gasteiger partial charge in [-0.1, -0.05) is 44.2 Å².